The van der Waals surface area contributed by atoms with Crippen molar-refractivity contribution in [3.05, 3.63) is 41.7 Å². The van der Waals surface area contributed by atoms with Crippen LogP contribution in [0.3, 0.4) is 0 Å². The molecule has 0 N–H and O–H groups in total. The van der Waals surface area contributed by atoms with E-state index in [-0.39, 0.29) is 0 Å². The number of aromatic nitrogens is 1. The van der Waals surface area contributed by atoms with Gasteiger partial charge in [-0.3, -0.25) is 0 Å². The van der Waals surface area contributed by atoms with E-state index < -0.39 is 0 Å². The monoisotopic (exact) mass is 264 g/mol. The Hall–Kier alpha value is -0.930. The molecule has 0 unspecified atom stereocenters. The number of likely N-dealkylation sites (N-methyl/N-ethyl adjacent to an activating group) is 1. The molecule has 2 heterocycles. The van der Waals surface area contributed by atoms with Gasteiger partial charge in [0, 0.05) is 30.2 Å². The van der Waals surface area contributed by atoms with E-state index in [1.54, 1.807) is 0 Å². The van der Waals surface area contributed by atoms with Crippen LogP contribution in [-0.4, -0.2) is 29.9 Å². The van der Waals surface area contributed by atoms with Crippen molar-refractivity contribution in [3.63, 3.8) is 0 Å². The fraction of sp³-hybridized carbons (Fsp3) is 0.467. The van der Waals surface area contributed by atoms with Crippen LogP contribution < -0.4 is 0 Å². The Labute approximate surface area is 116 Å². The minimum Gasteiger partial charge on any atom is -0.324 e. The van der Waals surface area contributed by atoms with Crippen LogP contribution in [0.15, 0.2) is 30.6 Å². The highest BCUT2D eigenvalue weighted by atomic mass is 32.1. The summed E-state index contributed by atoms with van der Waals surface area (Å²) < 4.78 is 2.18. The lowest BCUT2D eigenvalue weighted by molar-refractivity contribution is 0.414. The van der Waals surface area contributed by atoms with Crippen LogP contribution in [0.1, 0.15) is 25.0 Å². The molecule has 3 heteroatoms. The summed E-state index contributed by atoms with van der Waals surface area (Å²) in [6.45, 7) is 5.09. The molecule has 0 spiro atoms. The van der Waals surface area contributed by atoms with Crippen LogP contribution >= 0.6 is 12.6 Å². The molecule has 0 aliphatic heterocycles. The zero-order valence-corrected chi connectivity index (χ0v) is 12.7. The van der Waals surface area contributed by atoms with Crippen molar-refractivity contribution in [3.8, 4) is 0 Å². The Kier molecular flexibility index (Phi) is 6.30. The molecule has 0 saturated heterocycles. The Bertz CT molecular complexity index is 474. The quantitative estimate of drug-likeness (QED) is 0.831. The highest BCUT2D eigenvalue weighted by molar-refractivity contribution is 7.79. The first kappa shape index (κ1) is 15.1. The van der Waals surface area contributed by atoms with E-state index in [9.17, 15) is 0 Å². The zero-order valence-electron chi connectivity index (χ0n) is 11.8. The fourth-order valence-corrected chi connectivity index (χ4v) is 2.05. The predicted octanol–water partition coefficient (Wildman–Crippen LogP) is 3.50. The van der Waals surface area contributed by atoms with E-state index >= 15 is 0 Å². The van der Waals surface area contributed by atoms with E-state index in [0.29, 0.717) is 0 Å². The van der Waals surface area contributed by atoms with Crippen LogP contribution in [0.2, 0.25) is 0 Å². The highest BCUT2D eigenvalue weighted by Crippen LogP contribution is 2.16. The van der Waals surface area contributed by atoms with Crippen LogP contribution in [-0.2, 0) is 12.2 Å². The topological polar surface area (TPSA) is 7.65 Å². The first-order valence-corrected chi connectivity index (χ1v) is 7.18. The van der Waals surface area contributed by atoms with Crippen molar-refractivity contribution >= 4 is 18.1 Å². The standard InChI is InChI=1S/C13H18N2S.C2H6/c1-14(2)6-4-12-5-8-15-7-3-11(10-16)9-13(12)15;1-2/h3,5,7-9,16H,4,6,10H2,1-2H3;1-2H3. The Morgan fingerprint density at radius 2 is 1.83 bits per heavy atom. The molecule has 0 saturated carbocycles. The second-order valence-electron chi connectivity index (χ2n) is 4.38. The van der Waals surface area contributed by atoms with E-state index in [4.69, 9.17) is 0 Å². The normalized spacial score (nSPS) is 10.6. The number of pyridine rings is 1. The first-order chi connectivity index (χ1) is 8.70. The van der Waals surface area contributed by atoms with Crippen molar-refractivity contribution in [2.75, 3.05) is 20.6 Å². The lowest BCUT2D eigenvalue weighted by atomic mass is 10.1. The number of thiol groups is 1. The molecule has 0 aliphatic rings. The molecule has 2 nitrogen and oxygen atoms in total. The Balaban J connectivity index is 0.000000771. The van der Waals surface area contributed by atoms with Crippen molar-refractivity contribution in [1.29, 1.82) is 0 Å². The average molecular weight is 264 g/mol. The molecule has 0 aromatic carbocycles. The number of fused-ring (bicyclic) bond motifs is 1. The third-order valence-corrected chi connectivity index (χ3v) is 3.19. The van der Waals surface area contributed by atoms with Crippen molar-refractivity contribution in [2.45, 2.75) is 26.0 Å². The van der Waals surface area contributed by atoms with Crippen LogP contribution in [0.25, 0.3) is 5.52 Å². The summed E-state index contributed by atoms with van der Waals surface area (Å²) >= 11 is 4.32. The molecule has 2 rings (SSSR count). The Morgan fingerprint density at radius 3 is 2.44 bits per heavy atom. The number of hydrogen-bond acceptors (Lipinski definition) is 2. The molecule has 0 bridgehead atoms. The number of nitrogens with zero attached hydrogens (tertiary/aromatic N) is 2. The first-order valence-electron chi connectivity index (χ1n) is 6.55. The molecule has 0 amide bonds. The van der Waals surface area contributed by atoms with Gasteiger partial charge in [-0.15, -0.1) is 0 Å². The van der Waals surface area contributed by atoms with E-state index in [2.05, 4.69) is 66.6 Å². The van der Waals surface area contributed by atoms with Gasteiger partial charge in [0.2, 0.25) is 0 Å². The highest BCUT2D eigenvalue weighted by Gasteiger charge is 2.03. The fourth-order valence-electron chi connectivity index (χ4n) is 1.85. The van der Waals surface area contributed by atoms with E-state index in [1.807, 2.05) is 13.8 Å². The SMILES string of the molecule is CC.CN(C)CCc1ccn2ccc(CS)cc12. The van der Waals surface area contributed by atoms with Crippen molar-refractivity contribution in [2.24, 2.45) is 0 Å². The average Bonchev–Trinajstić information content (AvgIpc) is 2.80. The minimum atomic E-state index is 0.800. The van der Waals surface area contributed by atoms with Gasteiger partial charge in [-0.1, -0.05) is 13.8 Å². The van der Waals surface area contributed by atoms with E-state index in [0.717, 1.165) is 18.7 Å². The lowest BCUT2D eigenvalue weighted by Crippen LogP contribution is -2.14. The van der Waals surface area contributed by atoms with Gasteiger partial charge in [0.05, 0.1) is 0 Å². The summed E-state index contributed by atoms with van der Waals surface area (Å²) in [7, 11) is 4.22. The van der Waals surface area contributed by atoms with Gasteiger partial charge in [0.15, 0.2) is 0 Å². The maximum absolute atomic E-state index is 4.32. The van der Waals surface area contributed by atoms with Gasteiger partial charge in [-0.25, -0.2) is 0 Å². The molecular formula is C15H24N2S. The molecule has 0 aliphatic carbocycles. The maximum atomic E-state index is 4.32. The third-order valence-electron chi connectivity index (χ3n) is 2.83. The van der Waals surface area contributed by atoms with Gasteiger partial charge in [0.25, 0.3) is 0 Å². The molecule has 0 fully saturated rings. The van der Waals surface area contributed by atoms with E-state index in [1.165, 1.54) is 16.6 Å². The van der Waals surface area contributed by atoms with Crippen LogP contribution in [0.4, 0.5) is 0 Å². The van der Waals surface area contributed by atoms with Gasteiger partial charge >= 0.3 is 0 Å². The summed E-state index contributed by atoms with van der Waals surface area (Å²) in [6.07, 6.45) is 5.34. The molecule has 0 atom stereocenters. The predicted molar refractivity (Wildman–Crippen MR) is 83.7 cm³/mol. The van der Waals surface area contributed by atoms with Crippen LogP contribution in [0.5, 0.6) is 0 Å². The number of rotatable bonds is 4. The summed E-state index contributed by atoms with van der Waals surface area (Å²) in [5.41, 5.74) is 4.01. The zero-order chi connectivity index (χ0) is 13.5. The summed E-state index contributed by atoms with van der Waals surface area (Å²) in [4.78, 5) is 2.21. The minimum absolute atomic E-state index is 0.800. The van der Waals surface area contributed by atoms with Crippen LogP contribution in [0, 0.1) is 0 Å². The smallest absolute Gasteiger partial charge is 0.0485 e. The summed E-state index contributed by atoms with van der Waals surface area (Å²) in [6, 6.07) is 6.56. The molecule has 0 radical (unpaired) electrons. The second kappa shape index (κ2) is 7.49. The Morgan fingerprint density at radius 1 is 1.17 bits per heavy atom. The van der Waals surface area contributed by atoms with Gasteiger partial charge in [0.1, 0.15) is 0 Å². The van der Waals surface area contributed by atoms with Gasteiger partial charge in [-0.2, -0.15) is 12.6 Å². The van der Waals surface area contributed by atoms with Crippen molar-refractivity contribution in [1.82, 2.24) is 9.30 Å². The molecule has 2 aromatic rings. The third kappa shape index (κ3) is 3.79. The summed E-state index contributed by atoms with van der Waals surface area (Å²) in [5.74, 6) is 0.800. The van der Waals surface area contributed by atoms with Crippen molar-refractivity contribution < 1.29 is 0 Å². The molecular weight excluding hydrogens is 240 g/mol. The molecule has 18 heavy (non-hydrogen) atoms. The van der Waals surface area contributed by atoms with Gasteiger partial charge < -0.3 is 9.30 Å². The van der Waals surface area contributed by atoms with Gasteiger partial charge in [-0.05, 0) is 49.8 Å². The largest absolute Gasteiger partial charge is 0.324 e. The lowest BCUT2D eigenvalue weighted by Gasteiger charge is -2.08. The molecule has 100 valence electrons. The second-order valence-corrected chi connectivity index (χ2v) is 4.70. The number of hydrogen-bond donors (Lipinski definition) is 1. The summed E-state index contributed by atoms with van der Waals surface area (Å²) in [5, 5.41) is 0. The molecule has 2 aromatic heterocycles. The maximum Gasteiger partial charge on any atom is 0.0485 e.